The summed E-state index contributed by atoms with van der Waals surface area (Å²) in [6, 6.07) is 8.18. The van der Waals surface area contributed by atoms with Crippen molar-refractivity contribution < 1.29 is 17.4 Å². The molecule has 27 heavy (non-hydrogen) atoms. The Balaban J connectivity index is 1.65. The van der Waals surface area contributed by atoms with Crippen LogP contribution in [0, 0.1) is 17.5 Å². The van der Waals surface area contributed by atoms with Crippen molar-refractivity contribution in [3.8, 4) is 11.3 Å². The highest BCUT2D eigenvalue weighted by Crippen LogP contribution is 2.34. The van der Waals surface area contributed by atoms with Crippen molar-refractivity contribution >= 4 is 28.0 Å². The van der Waals surface area contributed by atoms with E-state index in [4.69, 9.17) is 0 Å². The van der Waals surface area contributed by atoms with Crippen molar-refractivity contribution in [2.45, 2.75) is 18.1 Å². The zero-order valence-corrected chi connectivity index (χ0v) is 14.7. The average Bonchev–Trinajstić information content (AvgIpc) is 3.37. The van der Waals surface area contributed by atoms with E-state index in [2.05, 4.69) is 20.2 Å². The number of halogens is 3. The Morgan fingerprint density at radius 1 is 1.04 bits per heavy atom. The van der Waals surface area contributed by atoms with Gasteiger partial charge in [-0.25, -0.2) is 17.4 Å². The number of H-pyrrole nitrogens is 1. The third-order valence-electron chi connectivity index (χ3n) is 4.17. The van der Waals surface area contributed by atoms with E-state index >= 15 is 0 Å². The number of hydrogen-bond donors (Lipinski definition) is 3. The molecule has 1 atom stereocenters. The summed E-state index contributed by atoms with van der Waals surface area (Å²) in [5, 5.41) is 9.10. The maximum absolute atomic E-state index is 14.5. The SMILES string of the molecule is O=S(Nc1ccc(F)c(F)c1Nc1ccc(-c2ccn[nH]2)cc1F)C1CC1. The summed E-state index contributed by atoms with van der Waals surface area (Å²) in [4.78, 5) is 0. The van der Waals surface area contributed by atoms with Crippen LogP contribution < -0.4 is 10.0 Å². The molecule has 1 fully saturated rings. The third-order valence-corrected chi connectivity index (χ3v) is 5.67. The van der Waals surface area contributed by atoms with Gasteiger partial charge in [0.15, 0.2) is 11.6 Å². The van der Waals surface area contributed by atoms with Crippen molar-refractivity contribution in [2.75, 3.05) is 10.0 Å². The van der Waals surface area contributed by atoms with Gasteiger partial charge >= 0.3 is 0 Å². The van der Waals surface area contributed by atoms with Crippen LogP contribution in [0.5, 0.6) is 0 Å². The number of hydrogen-bond acceptors (Lipinski definition) is 3. The van der Waals surface area contributed by atoms with Crippen LogP contribution in [0.15, 0.2) is 42.6 Å². The summed E-state index contributed by atoms with van der Waals surface area (Å²) in [6.45, 7) is 0. The van der Waals surface area contributed by atoms with Crippen LogP contribution in [0.25, 0.3) is 11.3 Å². The zero-order chi connectivity index (χ0) is 19.0. The smallest absolute Gasteiger partial charge is 0.184 e. The molecule has 2 aromatic carbocycles. The van der Waals surface area contributed by atoms with E-state index in [1.54, 1.807) is 18.3 Å². The molecule has 3 aromatic rings. The van der Waals surface area contributed by atoms with Crippen LogP contribution in [0.1, 0.15) is 12.8 Å². The number of rotatable bonds is 6. The first kappa shape index (κ1) is 17.6. The lowest BCUT2D eigenvalue weighted by Crippen LogP contribution is -2.12. The molecule has 9 heteroatoms. The maximum Gasteiger partial charge on any atom is 0.184 e. The van der Waals surface area contributed by atoms with Gasteiger partial charge in [-0.3, -0.25) is 5.10 Å². The van der Waals surface area contributed by atoms with E-state index in [0.29, 0.717) is 11.3 Å². The molecule has 0 spiro atoms. The standard InChI is InChI=1S/C18H15F3N4OS/c19-12-4-6-16(25-27(26)11-2-3-11)18(17(12)21)23-15-5-1-10(9-13(15)20)14-7-8-22-24-14/h1,4-9,11,23,25H,2-3H2,(H,22,24). The first-order valence-corrected chi connectivity index (χ1v) is 9.46. The van der Waals surface area contributed by atoms with Crippen molar-refractivity contribution in [2.24, 2.45) is 0 Å². The van der Waals surface area contributed by atoms with Gasteiger partial charge in [0.05, 0.1) is 22.3 Å². The molecule has 4 rings (SSSR count). The molecule has 0 saturated heterocycles. The van der Waals surface area contributed by atoms with Gasteiger partial charge in [-0.1, -0.05) is 6.07 Å². The van der Waals surface area contributed by atoms with Crippen LogP contribution in [-0.4, -0.2) is 19.7 Å². The summed E-state index contributed by atoms with van der Waals surface area (Å²) in [5.41, 5.74) is 0.958. The highest BCUT2D eigenvalue weighted by Gasteiger charge is 2.29. The number of aromatic nitrogens is 2. The second-order valence-electron chi connectivity index (χ2n) is 6.17. The molecular formula is C18H15F3N4OS. The molecule has 0 aliphatic heterocycles. The Kier molecular flexibility index (Phi) is 4.61. The van der Waals surface area contributed by atoms with Gasteiger partial charge < -0.3 is 10.0 Å². The average molecular weight is 392 g/mol. The van der Waals surface area contributed by atoms with E-state index in [0.717, 1.165) is 18.9 Å². The molecule has 0 bridgehead atoms. The number of aromatic amines is 1. The van der Waals surface area contributed by atoms with E-state index in [1.165, 1.54) is 18.2 Å². The topological polar surface area (TPSA) is 69.8 Å². The molecule has 1 aliphatic rings. The first-order chi connectivity index (χ1) is 13.0. The minimum absolute atomic E-state index is 0.00334. The Labute approximate surface area is 155 Å². The van der Waals surface area contributed by atoms with Gasteiger partial charge in [-0.15, -0.1) is 0 Å². The quantitative estimate of drug-likeness (QED) is 0.580. The first-order valence-electron chi connectivity index (χ1n) is 8.24. The predicted molar refractivity (Wildman–Crippen MR) is 98.4 cm³/mol. The van der Waals surface area contributed by atoms with Crippen molar-refractivity contribution in [1.82, 2.24) is 10.2 Å². The maximum atomic E-state index is 14.5. The molecule has 1 heterocycles. The summed E-state index contributed by atoms with van der Waals surface area (Å²) < 4.78 is 57.3. The van der Waals surface area contributed by atoms with Gasteiger partial charge in [0.1, 0.15) is 22.5 Å². The minimum Gasteiger partial charge on any atom is -0.349 e. The zero-order valence-electron chi connectivity index (χ0n) is 13.9. The van der Waals surface area contributed by atoms with Crippen molar-refractivity contribution in [1.29, 1.82) is 0 Å². The molecule has 1 aromatic heterocycles. The van der Waals surface area contributed by atoms with Gasteiger partial charge in [-0.2, -0.15) is 5.10 Å². The lowest BCUT2D eigenvalue weighted by molar-refractivity contribution is 0.512. The lowest BCUT2D eigenvalue weighted by Gasteiger charge is -2.15. The number of benzene rings is 2. The fourth-order valence-corrected chi connectivity index (χ4v) is 3.68. The predicted octanol–water partition coefficient (Wildman–Crippen LogP) is 4.48. The van der Waals surface area contributed by atoms with E-state index < -0.39 is 28.4 Å². The van der Waals surface area contributed by atoms with E-state index in [9.17, 15) is 17.4 Å². The summed E-state index contributed by atoms with van der Waals surface area (Å²) in [7, 11) is -1.41. The molecule has 140 valence electrons. The van der Waals surface area contributed by atoms with Crippen molar-refractivity contribution in [3.05, 3.63) is 60.0 Å². The highest BCUT2D eigenvalue weighted by molar-refractivity contribution is 7.87. The monoisotopic (exact) mass is 392 g/mol. The fraction of sp³-hybridized carbons (Fsp3) is 0.167. The van der Waals surface area contributed by atoms with E-state index in [-0.39, 0.29) is 22.3 Å². The Bertz CT molecular complexity index is 1010. The molecule has 0 amide bonds. The summed E-state index contributed by atoms with van der Waals surface area (Å²) >= 11 is 0. The lowest BCUT2D eigenvalue weighted by atomic mass is 10.1. The fourth-order valence-electron chi connectivity index (χ4n) is 2.57. The number of anilines is 3. The second kappa shape index (κ2) is 7.07. The molecule has 1 saturated carbocycles. The van der Waals surface area contributed by atoms with Crippen LogP contribution in [0.2, 0.25) is 0 Å². The Morgan fingerprint density at radius 2 is 1.81 bits per heavy atom. The van der Waals surface area contributed by atoms with Crippen LogP contribution in [0.3, 0.4) is 0 Å². The second-order valence-corrected chi connectivity index (χ2v) is 7.64. The van der Waals surface area contributed by atoms with E-state index in [1.807, 2.05) is 0 Å². The molecule has 1 unspecified atom stereocenters. The van der Waals surface area contributed by atoms with Crippen LogP contribution in [-0.2, 0) is 11.0 Å². The Hall–Kier alpha value is -2.81. The van der Waals surface area contributed by atoms with Gasteiger partial charge in [0.2, 0.25) is 0 Å². The third kappa shape index (κ3) is 3.68. The largest absolute Gasteiger partial charge is 0.349 e. The van der Waals surface area contributed by atoms with Gasteiger partial charge in [0, 0.05) is 11.8 Å². The Morgan fingerprint density at radius 3 is 2.48 bits per heavy atom. The number of nitrogens with zero attached hydrogens (tertiary/aromatic N) is 1. The molecule has 3 N–H and O–H groups in total. The van der Waals surface area contributed by atoms with Crippen molar-refractivity contribution in [3.63, 3.8) is 0 Å². The van der Waals surface area contributed by atoms with Gasteiger partial charge in [0.25, 0.3) is 0 Å². The molecular weight excluding hydrogens is 377 g/mol. The molecule has 1 aliphatic carbocycles. The normalized spacial score (nSPS) is 14.8. The summed E-state index contributed by atoms with van der Waals surface area (Å²) in [6.07, 6.45) is 3.17. The molecule has 0 radical (unpaired) electrons. The number of nitrogens with one attached hydrogen (secondary N) is 3. The van der Waals surface area contributed by atoms with Gasteiger partial charge in [-0.05, 0) is 43.2 Å². The summed E-state index contributed by atoms with van der Waals surface area (Å²) in [5.74, 6) is -2.92. The van der Waals surface area contributed by atoms with Crippen LogP contribution >= 0.6 is 0 Å². The van der Waals surface area contributed by atoms with Crippen LogP contribution in [0.4, 0.5) is 30.2 Å². The molecule has 5 nitrogen and oxygen atoms in total. The highest BCUT2D eigenvalue weighted by atomic mass is 32.2. The minimum atomic E-state index is -1.41.